The van der Waals surface area contributed by atoms with Gasteiger partial charge in [-0.2, -0.15) is 0 Å². The molecule has 0 aromatic carbocycles. The summed E-state index contributed by atoms with van der Waals surface area (Å²) < 4.78 is 0. The molecule has 74 valence electrons. The van der Waals surface area contributed by atoms with Gasteiger partial charge in [0.05, 0.1) is 0 Å². The summed E-state index contributed by atoms with van der Waals surface area (Å²) in [5.41, 5.74) is 0.277. The fourth-order valence-corrected chi connectivity index (χ4v) is 1.15. The maximum absolute atomic E-state index is 11.1. The largest absolute Gasteiger partial charge is 0.327 e. The number of nitrogens with zero attached hydrogens (tertiary/aromatic N) is 1. The van der Waals surface area contributed by atoms with Crippen LogP contribution in [0.3, 0.4) is 0 Å². The lowest BCUT2D eigenvalue weighted by Gasteiger charge is -2.02. The first-order chi connectivity index (χ1) is 6.59. The highest BCUT2D eigenvalue weighted by Gasteiger charge is 2.08. The van der Waals surface area contributed by atoms with Gasteiger partial charge in [0.2, 0.25) is 0 Å². The van der Waals surface area contributed by atoms with Crippen molar-refractivity contribution in [3.63, 3.8) is 0 Å². The number of hydrogen-bond acceptors (Lipinski definition) is 4. The number of imide groups is 1. The van der Waals surface area contributed by atoms with Gasteiger partial charge in [0.25, 0.3) is 5.91 Å². The highest BCUT2D eigenvalue weighted by atomic mass is 32.1. The highest BCUT2D eigenvalue weighted by molar-refractivity contribution is 7.13. The molecule has 0 saturated heterocycles. The molecule has 2 N–H and O–H groups in total. The lowest BCUT2D eigenvalue weighted by Crippen LogP contribution is -2.34. The Kier molecular flexibility index (Phi) is 3.35. The van der Waals surface area contributed by atoms with Gasteiger partial charge in [0.1, 0.15) is 0 Å². The smallest absolute Gasteiger partial charge is 0.283 e. The molecule has 14 heavy (non-hydrogen) atoms. The van der Waals surface area contributed by atoms with Crippen molar-refractivity contribution in [2.45, 2.75) is 6.92 Å². The molecule has 3 amide bonds. The van der Waals surface area contributed by atoms with Crippen LogP contribution in [-0.2, 0) is 4.79 Å². The average Bonchev–Trinajstić information content (AvgIpc) is 2.56. The summed E-state index contributed by atoms with van der Waals surface area (Å²) in [6.07, 6.45) is 1.56. The molecule has 0 fully saturated rings. The van der Waals surface area contributed by atoms with E-state index in [1.54, 1.807) is 11.6 Å². The zero-order valence-corrected chi connectivity index (χ0v) is 8.35. The van der Waals surface area contributed by atoms with Gasteiger partial charge in [-0.15, -0.1) is 11.3 Å². The Balaban J connectivity index is 2.44. The Hall–Kier alpha value is -1.69. The fraction of sp³-hybridized carbons (Fsp3) is 0.125. The van der Waals surface area contributed by atoms with Crippen LogP contribution >= 0.6 is 11.3 Å². The predicted molar refractivity (Wildman–Crippen MR) is 54.1 cm³/mol. The van der Waals surface area contributed by atoms with Gasteiger partial charge in [-0.1, -0.05) is 6.58 Å². The number of amides is 3. The van der Waals surface area contributed by atoms with E-state index in [4.69, 9.17) is 0 Å². The van der Waals surface area contributed by atoms with Gasteiger partial charge >= 0.3 is 6.03 Å². The number of nitrogens with one attached hydrogen (secondary N) is 2. The molecule has 0 spiro atoms. The maximum atomic E-state index is 11.1. The second kappa shape index (κ2) is 4.52. The van der Waals surface area contributed by atoms with Crippen molar-refractivity contribution in [1.29, 1.82) is 0 Å². The van der Waals surface area contributed by atoms with Crippen LogP contribution in [0.1, 0.15) is 6.92 Å². The van der Waals surface area contributed by atoms with Crippen LogP contribution in [0.5, 0.6) is 0 Å². The van der Waals surface area contributed by atoms with E-state index >= 15 is 0 Å². The van der Waals surface area contributed by atoms with Crippen molar-refractivity contribution >= 4 is 28.4 Å². The van der Waals surface area contributed by atoms with Crippen LogP contribution in [-0.4, -0.2) is 16.9 Å². The number of rotatable bonds is 2. The van der Waals surface area contributed by atoms with E-state index < -0.39 is 11.9 Å². The summed E-state index contributed by atoms with van der Waals surface area (Å²) in [6.45, 7) is 4.92. The van der Waals surface area contributed by atoms with E-state index in [9.17, 15) is 9.59 Å². The zero-order valence-electron chi connectivity index (χ0n) is 7.53. The summed E-state index contributed by atoms with van der Waals surface area (Å²) in [5.74, 6) is -0.501. The zero-order chi connectivity index (χ0) is 10.6. The van der Waals surface area contributed by atoms with Gasteiger partial charge in [0.15, 0.2) is 5.13 Å². The molecule has 0 aliphatic heterocycles. The van der Waals surface area contributed by atoms with E-state index in [1.165, 1.54) is 18.3 Å². The molecule has 0 atom stereocenters. The predicted octanol–water partition coefficient (Wildman–Crippen LogP) is 1.37. The lowest BCUT2D eigenvalue weighted by atomic mass is 10.3. The number of aromatic nitrogens is 1. The second-order valence-corrected chi connectivity index (χ2v) is 3.42. The number of carbonyl (C=O) groups excluding carboxylic acids is 2. The first-order valence-corrected chi connectivity index (χ1v) is 4.65. The molecule has 1 rings (SSSR count). The Morgan fingerprint density at radius 1 is 1.57 bits per heavy atom. The molecule has 1 aromatic heterocycles. The summed E-state index contributed by atoms with van der Waals surface area (Å²) in [7, 11) is 0. The minimum atomic E-state index is -0.604. The van der Waals surface area contributed by atoms with E-state index in [1.807, 2.05) is 0 Å². The fourth-order valence-electron chi connectivity index (χ4n) is 0.623. The van der Waals surface area contributed by atoms with Gasteiger partial charge in [-0.3, -0.25) is 15.4 Å². The van der Waals surface area contributed by atoms with Crippen molar-refractivity contribution in [2.24, 2.45) is 0 Å². The van der Waals surface area contributed by atoms with Crippen LogP contribution < -0.4 is 10.6 Å². The number of thiazole rings is 1. The standard InChI is InChI=1S/C8H9N3O2S/c1-5(2)6(12)10-7(13)11-8-9-3-4-14-8/h3-4H,1H2,2H3,(H2,9,10,11,12,13). The monoisotopic (exact) mass is 211 g/mol. The average molecular weight is 211 g/mol. The molecule has 1 aromatic rings. The van der Waals surface area contributed by atoms with Crippen molar-refractivity contribution in [2.75, 3.05) is 5.32 Å². The molecule has 6 heteroatoms. The summed E-state index contributed by atoms with van der Waals surface area (Å²) in [4.78, 5) is 25.9. The molecule has 0 aliphatic carbocycles. The quantitative estimate of drug-likeness (QED) is 0.726. The third kappa shape index (κ3) is 2.98. The van der Waals surface area contributed by atoms with Crippen molar-refractivity contribution in [1.82, 2.24) is 10.3 Å². The maximum Gasteiger partial charge on any atom is 0.327 e. The molecule has 0 aliphatic rings. The molecule has 0 radical (unpaired) electrons. The molecule has 0 unspecified atom stereocenters. The lowest BCUT2D eigenvalue weighted by molar-refractivity contribution is -0.116. The molecule has 0 bridgehead atoms. The van der Waals surface area contributed by atoms with E-state index in [2.05, 4.69) is 22.2 Å². The van der Waals surface area contributed by atoms with Crippen molar-refractivity contribution < 1.29 is 9.59 Å². The van der Waals surface area contributed by atoms with Gasteiger partial charge < -0.3 is 0 Å². The van der Waals surface area contributed by atoms with Crippen molar-refractivity contribution in [3.05, 3.63) is 23.7 Å². The molecule has 5 nitrogen and oxygen atoms in total. The number of anilines is 1. The van der Waals surface area contributed by atoms with Crippen LogP contribution in [0, 0.1) is 0 Å². The van der Waals surface area contributed by atoms with Gasteiger partial charge in [-0.25, -0.2) is 9.78 Å². The highest BCUT2D eigenvalue weighted by Crippen LogP contribution is 2.09. The third-order valence-corrected chi connectivity index (χ3v) is 1.96. The molecule has 0 saturated carbocycles. The Morgan fingerprint density at radius 3 is 2.79 bits per heavy atom. The van der Waals surface area contributed by atoms with E-state index in [-0.39, 0.29) is 5.57 Å². The van der Waals surface area contributed by atoms with Gasteiger partial charge in [0, 0.05) is 17.2 Å². The van der Waals surface area contributed by atoms with Crippen LogP contribution in [0.15, 0.2) is 23.7 Å². The SMILES string of the molecule is C=C(C)C(=O)NC(=O)Nc1nccs1. The normalized spacial score (nSPS) is 9.21. The Labute approximate surface area is 84.8 Å². The van der Waals surface area contributed by atoms with E-state index in [0.717, 1.165) is 0 Å². The number of carbonyl (C=O) groups is 2. The first-order valence-electron chi connectivity index (χ1n) is 3.77. The second-order valence-electron chi connectivity index (χ2n) is 2.53. The molecule has 1 heterocycles. The molecular formula is C8H9N3O2S. The van der Waals surface area contributed by atoms with Gasteiger partial charge in [-0.05, 0) is 6.92 Å². The Morgan fingerprint density at radius 2 is 2.29 bits per heavy atom. The molecular weight excluding hydrogens is 202 g/mol. The van der Waals surface area contributed by atoms with Crippen LogP contribution in [0.25, 0.3) is 0 Å². The summed E-state index contributed by atoms with van der Waals surface area (Å²) in [6, 6.07) is -0.604. The van der Waals surface area contributed by atoms with Crippen LogP contribution in [0.2, 0.25) is 0 Å². The topological polar surface area (TPSA) is 71.1 Å². The third-order valence-electron chi connectivity index (χ3n) is 1.27. The summed E-state index contributed by atoms with van der Waals surface area (Å²) in [5, 5.41) is 6.66. The first kappa shape index (κ1) is 10.4. The summed E-state index contributed by atoms with van der Waals surface area (Å²) >= 11 is 1.27. The van der Waals surface area contributed by atoms with Crippen molar-refractivity contribution in [3.8, 4) is 0 Å². The number of urea groups is 1. The number of hydrogen-bond donors (Lipinski definition) is 2. The van der Waals surface area contributed by atoms with E-state index in [0.29, 0.717) is 5.13 Å². The van der Waals surface area contributed by atoms with Crippen LogP contribution in [0.4, 0.5) is 9.93 Å². The minimum absolute atomic E-state index is 0.277. The minimum Gasteiger partial charge on any atom is -0.283 e. The Bertz CT molecular complexity index is 359.